The number of amides is 1. The molecule has 1 amide bonds. The fourth-order valence-electron chi connectivity index (χ4n) is 3.58. The van der Waals surface area contributed by atoms with Gasteiger partial charge < -0.3 is 10.1 Å². The zero-order valence-corrected chi connectivity index (χ0v) is 17.3. The summed E-state index contributed by atoms with van der Waals surface area (Å²) in [4.78, 5) is 12.6. The molecule has 2 aromatic carbocycles. The number of halogens is 1. The molecule has 0 saturated carbocycles. The predicted octanol–water partition coefficient (Wildman–Crippen LogP) is 3.16. The van der Waals surface area contributed by atoms with Gasteiger partial charge in [0.2, 0.25) is 5.91 Å². The van der Waals surface area contributed by atoms with Crippen LogP contribution in [0.1, 0.15) is 30.4 Å². The van der Waals surface area contributed by atoms with Crippen LogP contribution in [0.5, 0.6) is 0 Å². The van der Waals surface area contributed by atoms with Gasteiger partial charge in [-0.25, -0.2) is 12.8 Å². The number of sulfone groups is 1. The number of aryl methyl sites for hydroxylation is 1. The second-order valence-electron chi connectivity index (χ2n) is 7.56. The Morgan fingerprint density at radius 2 is 1.69 bits per heavy atom. The Kier molecular flexibility index (Phi) is 6.70. The van der Waals surface area contributed by atoms with Crippen LogP contribution in [0.25, 0.3) is 0 Å². The Morgan fingerprint density at radius 3 is 2.31 bits per heavy atom. The maximum atomic E-state index is 13.3. The highest BCUT2D eigenvalue weighted by Crippen LogP contribution is 2.34. The van der Waals surface area contributed by atoms with Crippen LogP contribution in [0.4, 0.5) is 4.39 Å². The Hall–Kier alpha value is -2.25. The van der Waals surface area contributed by atoms with Gasteiger partial charge in [-0.05, 0) is 49.6 Å². The first kappa shape index (κ1) is 21.5. The first-order valence-corrected chi connectivity index (χ1v) is 11.4. The molecular formula is C22H26FNO4S. The van der Waals surface area contributed by atoms with Gasteiger partial charge in [0.15, 0.2) is 9.84 Å². The molecule has 7 heteroatoms. The number of hydrogen-bond donors (Lipinski definition) is 1. The third-order valence-corrected chi connectivity index (χ3v) is 7.24. The summed E-state index contributed by atoms with van der Waals surface area (Å²) in [7, 11) is -3.51. The molecule has 1 N–H and O–H groups in total. The molecule has 3 rings (SSSR count). The Labute approximate surface area is 171 Å². The van der Waals surface area contributed by atoms with Crippen molar-refractivity contribution in [1.82, 2.24) is 5.32 Å². The van der Waals surface area contributed by atoms with Crippen molar-refractivity contribution in [2.24, 2.45) is 0 Å². The summed E-state index contributed by atoms with van der Waals surface area (Å²) in [6.45, 7) is 3.38. The molecule has 0 aliphatic carbocycles. The quantitative estimate of drug-likeness (QED) is 0.748. The number of nitrogens with one attached hydrogen (secondary N) is 1. The van der Waals surface area contributed by atoms with Crippen molar-refractivity contribution < 1.29 is 22.3 Å². The lowest BCUT2D eigenvalue weighted by molar-refractivity contribution is -0.121. The predicted molar refractivity (Wildman–Crippen MR) is 109 cm³/mol. The van der Waals surface area contributed by atoms with Crippen LogP contribution in [0, 0.1) is 12.7 Å². The van der Waals surface area contributed by atoms with E-state index in [0.717, 1.165) is 11.1 Å². The molecule has 1 saturated heterocycles. The van der Waals surface area contributed by atoms with Gasteiger partial charge in [0.25, 0.3) is 0 Å². The molecule has 1 heterocycles. The zero-order valence-electron chi connectivity index (χ0n) is 16.5. The van der Waals surface area contributed by atoms with E-state index < -0.39 is 9.84 Å². The summed E-state index contributed by atoms with van der Waals surface area (Å²) < 4.78 is 43.7. The zero-order chi connectivity index (χ0) is 20.9. The van der Waals surface area contributed by atoms with Gasteiger partial charge in [-0.1, -0.05) is 29.8 Å². The lowest BCUT2D eigenvalue weighted by Gasteiger charge is -2.38. The summed E-state index contributed by atoms with van der Waals surface area (Å²) >= 11 is 0. The lowest BCUT2D eigenvalue weighted by Crippen LogP contribution is -2.44. The van der Waals surface area contributed by atoms with Gasteiger partial charge in [0.05, 0.1) is 10.6 Å². The highest BCUT2D eigenvalue weighted by atomic mass is 32.2. The maximum Gasteiger partial charge on any atom is 0.221 e. The SMILES string of the molecule is Cc1ccc(S(=O)(=O)CCC(=O)NCC2(c3ccc(F)cc3)CCOCC2)cc1. The largest absolute Gasteiger partial charge is 0.381 e. The van der Waals surface area contributed by atoms with Crippen LogP contribution in [-0.4, -0.2) is 39.8 Å². The molecule has 1 fully saturated rings. The molecule has 0 atom stereocenters. The molecule has 29 heavy (non-hydrogen) atoms. The summed E-state index contributed by atoms with van der Waals surface area (Å²) in [6.07, 6.45) is 1.31. The monoisotopic (exact) mass is 419 g/mol. The van der Waals surface area contributed by atoms with Gasteiger partial charge in [-0.3, -0.25) is 4.79 Å². The first-order chi connectivity index (χ1) is 13.8. The van der Waals surface area contributed by atoms with Crippen LogP contribution in [-0.2, 0) is 24.8 Å². The van der Waals surface area contributed by atoms with E-state index in [-0.39, 0.29) is 34.2 Å². The number of ether oxygens (including phenoxy) is 1. The minimum Gasteiger partial charge on any atom is -0.381 e. The van der Waals surface area contributed by atoms with E-state index in [0.29, 0.717) is 32.6 Å². The van der Waals surface area contributed by atoms with Gasteiger partial charge in [-0.2, -0.15) is 0 Å². The topological polar surface area (TPSA) is 72.5 Å². The Balaban J connectivity index is 1.61. The van der Waals surface area contributed by atoms with E-state index in [2.05, 4.69) is 5.32 Å². The average Bonchev–Trinajstić information content (AvgIpc) is 2.72. The maximum absolute atomic E-state index is 13.3. The molecule has 1 aliphatic heterocycles. The second kappa shape index (κ2) is 9.05. The van der Waals surface area contributed by atoms with Crippen molar-refractivity contribution >= 4 is 15.7 Å². The highest BCUT2D eigenvalue weighted by Gasteiger charge is 2.35. The molecule has 0 unspecified atom stereocenters. The van der Waals surface area contributed by atoms with E-state index in [1.165, 1.54) is 12.1 Å². The Bertz CT molecular complexity index is 934. The van der Waals surface area contributed by atoms with Crippen molar-refractivity contribution in [3.8, 4) is 0 Å². The molecule has 0 spiro atoms. The summed E-state index contributed by atoms with van der Waals surface area (Å²) in [5, 5.41) is 2.89. The van der Waals surface area contributed by atoms with Gasteiger partial charge >= 0.3 is 0 Å². The lowest BCUT2D eigenvalue weighted by atomic mass is 9.74. The molecular weight excluding hydrogens is 393 g/mol. The number of benzene rings is 2. The number of carbonyl (C=O) groups excluding carboxylic acids is 1. The van der Waals surface area contributed by atoms with Crippen LogP contribution < -0.4 is 5.32 Å². The summed E-state index contributed by atoms with van der Waals surface area (Å²) in [5.41, 5.74) is 1.59. The first-order valence-electron chi connectivity index (χ1n) is 9.71. The highest BCUT2D eigenvalue weighted by molar-refractivity contribution is 7.91. The fourth-order valence-corrected chi connectivity index (χ4v) is 4.82. The molecule has 1 aliphatic rings. The van der Waals surface area contributed by atoms with E-state index in [4.69, 9.17) is 4.74 Å². The van der Waals surface area contributed by atoms with Gasteiger partial charge in [-0.15, -0.1) is 0 Å². The summed E-state index contributed by atoms with van der Waals surface area (Å²) in [6, 6.07) is 12.9. The Morgan fingerprint density at radius 1 is 1.07 bits per heavy atom. The minimum absolute atomic E-state index is 0.105. The van der Waals surface area contributed by atoms with Crippen LogP contribution >= 0.6 is 0 Å². The third kappa shape index (κ3) is 5.42. The molecule has 0 aromatic heterocycles. The van der Waals surface area contributed by atoms with E-state index >= 15 is 0 Å². The van der Waals surface area contributed by atoms with Crippen molar-refractivity contribution in [2.75, 3.05) is 25.5 Å². The van der Waals surface area contributed by atoms with Crippen LogP contribution in [0.3, 0.4) is 0 Å². The molecule has 0 radical (unpaired) electrons. The van der Waals surface area contributed by atoms with Crippen LogP contribution in [0.2, 0.25) is 0 Å². The number of rotatable bonds is 7. The van der Waals surface area contributed by atoms with Crippen molar-refractivity contribution in [3.05, 3.63) is 65.5 Å². The van der Waals surface area contributed by atoms with Crippen LogP contribution in [0.15, 0.2) is 53.4 Å². The minimum atomic E-state index is -3.51. The van der Waals surface area contributed by atoms with E-state index in [1.807, 2.05) is 6.92 Å². The number of hydrogen-bond acceptors (Lipinski definition) is 4. The van der Waals surface area contributed by atoms with Crippen molar-refractivity contribution in [1.29, 1.82) is 0 Å². The fraction of sp³-hybridized carbons (Fsp3) is 0.409. The van der Waals surface area contributed by atoms with E-state index in [9.17, 15) is 17.6 Å². The normalized spacial score (nSPS) is 16.3. The molecule has 5 nitrogen and oxygen atoms in total. The average molecular weight is 420 g/mol. The third-order valence-electron chi connectivity index (χ3n) is 5.51. The van der Waals surface area contributed by atoms with Crippen molar-refractivity contribution in [3.63, 3.8) is 0 Å². The van der Waals surface area contributed by atoms with Gasteiger partial charge in [0.1, 0.15) is 5.82 Å². The molecule has 2 aromatic rings. The van der Waals surface area contributed by atoms with Gasteiger partial charge in [0, 0.05) is 31.6 Å². The number of carbonyl (C=O) groups is 1. The molecule has 0 bridgehead atoms. The molecule has 156 valence electrons. The van der Waals surface area contributed by atoms with Crippen molar-refractivity contribution in [2.45, 2.75) is 36.5 Å². The van der Waals surface area contributed by atoms with E-state index in [1.54, 1.807) is 36.4 Å². The second-order valence-corrected chi connectivity index (χ2v) is 9.67. The summed E-state index contributed by atoms with van der Waals surface area (Å²) in [5.74, 6) is -0.857. The smallest absolute Gasteiger partial charge is 0.221 e. The standard InChI is InChI=1S/C22H26FNO4S/c1-17-2-8-20(9-3-17)29(26,27)15-10-21(25)24-16-22(11-13-28-14-12-22)18-4-6-19(23)7-5-18/h2-9H,10-16H2,1H3,(H,24,25).